The first kappa shape index (κ1) is 17.0. The van der Waals surface area contributed by atoms with Gasteiger partial charge in [0, 0.05) is 10.6 Å². The van der Waals surface area contributed by atoms with Crippen molar-refractivity contribution in [2.75, 3.05) is 7.11 Å². The highest BCUT2D eigenvalue weighted by Gasteiger charge is 2.39. The molecule has 128 valence electrons. The van der Waals surface area contributed by atoms with E-state index in [-0.39, 0.29) is 16.9 Å². The van der Waals surface area contributed by atoms with Crippen molar-refractivity contribution in [1.82, 2.24) is 5.32 Å². The molecule has 1 unspecified atom stereocenters. The Morgan fingerprint density at radius 1 is 1.20 bits per heavy atom. The smallest absolute Gasteiger partial charge is 0.293 e. The third-order valence-corrected chi connectivity index (χ3v) is 4.15. The molecule has 7 heteroatoms. The molecule has 0 saturated carbocycles. The fourth-order valence-corrected chi connectivity index (χ4v) is 2.77. The molecule has 0 aliphatic carbocycles. The summed E-state index contributed by atoms with van der Waals surface area (Å²) in [6.45, 7) is 0. The van der Waals surface area contributed by atoms with Crippen LogP contribution in [-0.2, 0) is 9.59 Å². The third-order valence-electron chi connectivity index (χ3n) is 3.90. The molecule has 5 nitrogen and oxygen atoms in total. The molecule has 1 atom stereocenters. The lowest BCUT2D eigenvalue weighted by molar-refractivity contribution is -0.133. The van der Waals surface area contributed by atoms with Crippen LogP contribution in [0.25, 0.3) is 5.76 Å². The van der Waals surface area contributed by atoms with Gasteiger partial charge in [0.1, 0.15) is 5.76 Å². The molecule has 0 radical (unpaired) electrons. The number of nitrogens with one attached hydrogen (secondary N) is 1. The molecule has 2 aromatic carbocycles. The van der Waals surface area contributed by atoms with Gasteiger partial charge in [0.25, 0.3) is 11.7 Å². The number of carbonyl (C=O) groups excluding carboxylic acids is 2. The van der Waals surface area contributed by atoms with Crippen molar-refractivity contribution in [3.63, 3.8) is 0 Å². The highest BCUT2D eigenvalue weighted by atomic mass is 35.5. The third kappa shape index (κ3) is 3.08. The predicted molar refractivity (Wildman–Crippen MR) is 89.8 cm³/mol. The second-order valence-corrected chi connectivity index (χ2v) is 5.84. The first-order chi connectivity index (χ1) is 11.9. The molecule has 1 aliphatic rings. The molecule has 2 N–H and O–H groups in total. The van der Waals surface area contributed by atoms with Gasteiger partial charge in [0.05, 0.1) is 18.7 Å². The number of Topliss-reactive ketones (excluding diaryl/α,β-unsaturated/α-hetero) is 1. The fourth-order valence-electron chi connectivity index (χ4n) is 2.64. The first-order valence-corrected chi connectivity index (χ1v) is 7.68. The molecule has 0 bridgehead atoms. The van der Waals surface area contributed by atoms with Crippen molar-refractivity contribution < 1.29 is 23.8 Å². The van der Waals surface area contributed by atoms with Gasteiger partial charge >= 0.3 is 0 Å². The summed E-state index contributed by atoms with van der Waals surface area (Å²) in [6, 6.07) is 9.40. The van der Waals surface area contributed by atoms with E-state index in [1.807, 2.05) is 0 Å². The maximum Gasteiger partial charge on any atom is 0.293 e. The number of hydrogen-bond donors (Lipinski definition) is 2. The van der Waals surface area contributed by atoms with Crippen LogP contribution in [0.5, 0.6) is 5.75 Å². The van der Waals surface area contributed by atoms with Gasteiger partial charge in [-0.15, -0.1) is 0 Å². The quantitative estimate of drug-likeness (QED) is 0.500. The minimum atomic E-state index is -0.867. The van der Waals surface area contributed by atoms with E-state index in [9.17, 15) is 19.1 Å². The van der Waals surface area contributed by atoms with Gasteiger partial charge in [-0.2, -0.15) is 0 Å². The van der Waals surface area contributed by atoms with Crippen molar-refractivity contribution in [2.45, 2.75) is 6.04 Å². The average Bonchev–Trinajstić information content (AvgIpc) is 2.90. The molecular weight excluding hydrogens is 349 g/mol. The number of rotatable bonds is 3. The van der Waals surface area contributed by atoms with Crippen LogP contribution in [0.4, 0.5) is 4.39 Å². The number of amides is 1. The number of ether oxygens (including phenoxy) is 1. The summed E-state index contributed by atoms with van der Waals surface area (Å²) in [6.07, 6.45) is 0. The Kier molecular flexibility index (Phi) is 4.46. The largest absolute Gasteiger partial charge is 0.507 e. The van der Waals surface area contributed by atoms with Crippen molar-refractivity contribution >= 4 is 29.1 Å². The number of hydrogen-bond acceptors (Lipinski definition) is 4. The summed E-state index contributed by atoms with van der Waals surface area (Å²) in [5.41, 5.74) is 0.494. The van der Waals surface area contributed by atoms with E-state index < -0.39 is 29.3 Å². The maximum atomic E-state index is 13.9. The number of aliphatic hydroxyl groups is 1. The van der Waals surface area contributed by atoms with Gasteiger partial charge in [-0.1, -0.05) is 23.7 Å². The highest BCUT2D eigenvalue weighted by Crippen LogP contribution is 2.34. The number of halogens is 2. The van der Waals surface area contributed by atoms with Crippen LogP contribution in [-0.4, -0.2) is 23.9 Å². The number of carbonyl (C=O) groups is 2. The lowest BCUT2D eigenvalue weighted by atomic mass is 9.96. The molecule has 1 heterocycles. The molecule has 1 aliphatic heterocycles. The molecule has 1 amide bonds. The van der Waals surface area contributed by atoms with Gasteiger partial charge in [-0.25, -0.2) is 4.39 Å². The Hall–Kier alpha value is -2.86. The monoisotopic (exact) mass is 361 g/mol. The Labute approximate surface area is 147 Å². The molecule has 0 aromatic heterocycles. The van der Waals surface area contributed by atoms with E-state index in [1.54, 1.807) is 24.3 Å². The normalized spacial score (nSPS) is 18.9. The number of ketones is 1. The van der Waals surface area contributed by atoms with Crippen LogP contribution in [0.2, 0.25) is 5.02 Å². The Morgan fingerprint density at radius 2 is 1.88 bits per heavy atom. The molecule has 3 rings (SSSR count). The van der Waals surface area contributed by atoms with Crippen molar-refractivity contribution in [1.29, 1.82) is 0 Å². The second-order valence-electron chi connectivity index (χ2n) is 5.40. The summed E-state index contributed by atoms with van der Waals surface area (Å²) < 4.78 is 18.7. The lowest BCUT2D eigenvalue weighted by Crippen LogP contribution is -2.21. The Bertz CT molecular complexity index is 892. The molecule has 1 fully saturated rings. The predicted octanol–water partition coefficient (Wildman–Crippen LogP) is 3.20. The fraction of sp³-hybridized carbons (Fsp3) is 0.111. The topological polar surface area (TPSA) is 75.6 Å². The zero-order valence-electron chi connectivity index (χ0n) is 13.0. The van der Waals surface area contributed by atoms with Crippen LogP contribution >= 0.6 is 11.6 Å². The summed E-state index contributed by atoms with van der Waals surface area (Å²) in [7, 11) is 1.32. The first-order valence-electron chi connectivity index (χ1n) is 7.30. The Balaban J connectivity index is 2.10. The summed E-state index contributed by atoms with van der Waals surface area (Å²) in [4.78, 5) is 24.0. The standard InChI is InChI=1S/C18H13ClFNO4/c1-25-13-7-4-10(8-12(13)20)16(22)14-15(21-18(24)17(14)23)9-2-5-11(19)6-3-9/h2-8,15,22H,1H3,(H,21,24). The van der Waals surface area contributed by atoms with Crippen molar-refractivity contribution in [2.24, 2.45) is 0 Å². The van der Waals surface area contributed by atoms with Gasteiger partial charge in [-0.05, 0) is 35.9 Å². The average molecular weight is 362 g/mol. The van der Waals surface area contributed by atoms with Crippen LogP contribution < -0.4 is 10.1 Å². The van der Waals surface area contributed by atoms with Crippen molar-refractivity contribution in [3.8, 4) is 5.75 Å². The molecule has 25 heavy (non-hydrogen) atoms. The highest BCUT2D eigenvalue weighted by molar-refractivity contribution is 6.46. The van der Waals surface area contributed by atoms with E-state index in [4.69, 9.17) is 16.3 Å². The molecule has 2 aromatic rings. The van der Waals surface area contributed by atoms with E-state index in [2.05, 4.69) is 5.32 Å². The van der Waals surface area contributed by atoms with E-state index in [1.165, 1.54) is 19.2 Å². The molecular formula is C18H13ClFNO4. The van der Waals surface area contributed by atoms with Gasteiger partial charge in [0.15, 0.2) is 11.6 Å². The summed E-state index contributed by atoms with van der Waals surface area (Å²) in [5, 5.41) is 13.5. The zero-order chi connectivity index (χ0) is 18.1. The maximum absolute atomic E-state index is 13.9. The minimum Gasteiger partial charge on any atom is -0.507 e. The summed E-state index contributed by atoms with van der Waals surface area (Å²) in [5.74, 6) is -2.86. The molecule has 0 spiro atoms. The lowest BCUT2D eigenvalue weighted by Gasteiger charge is -2.14. The minimum absolute atomic E-state index is 0.00255. The van der Waals surface area contributed by atoms with Gasteiger partial charge < -0.3 is 15.2 Å². The second kappa shape index (κ2) is 6.57. The SMILES string of the molecule is COc1ccc(C(O)=C2C(=O)C(=O)NC2c2ccc(Cl)cc2)cc1F. The number of methoxy groups -OCH3 is 1. The number of benzene rings is 2. The van der Waals surface area contributed by atoms with Crippen LogP contribution in [0, 0.1) is 5.82 Å². The van der Waals surface area contributed by atoms with Crippen LogP contribution in [0.3, 0.4) is 0 Å². The van der Waals surface area contributed by atoms with Crippen LogP contribution in [0.1, 0.15) is 17.2 Å². The van der Waals surface area contributed by atoms with Crippen molar-refractivity contribution in [3.05, 3.63) is 70.0 Å². The summed E-state index contributed by atoms with van der Waals surface area (Å²) >= 11 is 5.85. The van der Waals surface area contributed by atoms with E-state index >= 15 is 0 Å². The Morgan fingerprint density at radius 3 is 2.48 bits per heavy atom. The number of aliphatic hydroxyl groups excluding tert-OH is 1. The van der Waals surface area contributed by atoms with Gasteiger partial charge in [-0.3, -0.25) is 9.59 Å². The zero-order valence-corrected chi connectivity index (χ0v) is 13.8. The van der Waals surface area contributed by atoms with Gasteiger partial charge in [0.2, 0.25) is 0 Å². The van der Waals surface area contributed by atoms with Crippen LogP contribution in [0.15, 0.2) is 48.0 Å². The van der Waals surface area contributed by atoms with E-state index in [0.717, 1.165) is 6.07 Å². The molecule has 1 saturated heterocycles. The van der Waals surface area contributed by atoms with E-state index in [0.29, 0.717) is 10.6 Å².